The lowest BCUT2D eigenvalue weighted by molar-refractivity contribution is -0.124. The molecule has 0 saturated carbocycles. The Balaban J connectivity index is 1.82. The molecule has 0 unspecified atom stereocenters. The average Bonchev–Trinajstić information content (AvgIpc) is 3.13. The van der Waals surface area contributed by atoms with Crippen LogP contribution in [0.3, 0.4) is 0 Å². The third-order valence-electron chi connectivity index (χ3n) is 4.75. The summed E-state index contributed by atoms with van der Waals surface area (Å²) in [6, 6.07) is 7.52. The largest absolute Gasteiger partial charge is 0.389 e. The number of aryl methyl sites for hydroxylation is 1. The second-order valence-corrected chi connectivity index (χ2v) is 9.02. The van der Waals surface area contributed by atoms with E-state index in [4.69, 9.17) is 5.11 Å². The number of benzene rings is 1. The SMILES string of the molecule is C[C@@](CCn1cc(-c2cnc3ccccc3n2)cn1)(C(=O)CO)S(C)(=O)=O. The van der Waals surface area contributed by atoms with Gasteiger partial charge in [-0.25, -0.2) is 13.4 Å². The van der Waals surface area contributed by atoms with Gasteiger partial charge in [-0.2, -0.15) is 5.10 Å². The maximum atomic E-state index is 12.0. The van der Waals surface area contributed by atoms with Crippen molar-refractivity contribution in [2.45, 2.75) is 24.6 Å². The first-order valence-electron chi connectivity index (χ1n) is 8.33. The second kappa shape index (κ2) is 7.16. The number of aliphatic hydroxyl groups excluding tert-OH is 1. The number of aliphatic hydroxyl groups is 1. The molecular formula is C18H20N4O4S. The molecule has 0 amide bonds. The molecule has 2 heterocycles. The summed E-state index contributed by atoms with van der Waals surface area (Å²) >= 11 is 0. The maximum absolute atomic E-state index is 12.0. The number of para-hydroxylation sites is 2. The summed E-state index contributed by atoms with van der Waals surface area (Å²) in [7, 11) is -3.69. The Bertz CT molecular complexity index is 1090. The van der Waals surface area contributed by atoms with E-state index in [0.717, 1.165) is 22.9 Å². The highest BCUT2D eigenvalue weighted by atomic mass is 32.2. The minimum Gasteiger partial charge on any atom is -0.389 e. The third-order valence-corrected chi connectivity index (χ3v) is 6.82. The molecule has 0 aliphatic rings. The van der Waals surface area contributed by atoms with E-state index in [1.54, 1.807) is 23.3 Å². The van der Waals surface area contributed by atoms with Gasteiger partial charge in [-0.1, -0.05) is 12.1 Å². The molecule has 0 saturated heterocycles. The normalized spacial score (nSPS) is 14.2. The van der Waals surface area contributed by atoms with E-state index < -0.39 is 27.0 Å². The summed E-state index contributed by atoms with van der Waals surface area (Å²) in [5.41, 5.74) is 2.95. The highest BCUT2D eigenvalue weighted by Crippen LogP contribution is 2.24. The monoisotopic (exact) mass is 388 g/mol. The summed E-state index contributed by atoms with van der Waals surface area (Å²) in [6.45, 7) is 0.719. The number of fused-ring (bicyclic) bond motifs is 1. The zero-order valence-electron chi connectivity index (χ0n) is 15.0. The lowest BCUT2D eigenvalue weighted by Gasteiger charge is -2.25. The first-order chi connectivity index (χ1) is 12.7. The van der Waals surface area contributed by atoms with Crippen molar-refractivity contribution in [3.8, 4) is 11.3 Å². The highest BCUT2D eigenvalue weighted by Gasteiger charge is 2.42. The summed E-state index contributed by atoms with van der Waals surface area (Å²) in [5.74, 6) is -0.724. The van der Waals surface area contributed by atoms with E-state index >= 15 is 0 Å². The molecular weight excluding hydrogens is 368 g/mol. The molecule has 1 aromatic carbocycles. The van der Waals surface area contributed by atoms with E-state index in [-0.39, 0.29) is 13.0 Å². The number of nitrogens with zero attached hydrogens (tertiary/aromatic N) is 4. The van der Waals surface area contributed by atoms with Crippen LogP contribution in [0.25, 0.3) is 22.3 Å². The van der Waals surface area contributed by atoms with Crippen LogP contribution in [-0.4, -0.2) is 56.7 Å². The van der Waals surface area contributed by atoms with Crippen LogP contribution >= 0.6 is 0 Å². The lowest BCUT2D eigenvalue weighted by atomic mass is 10.0. The zero-order valence-corrected chi connectivity index (χ0v) is 15.8. The first kappa shape index (κ1) is 19.1. The van der Waals surface area contributed by atoms with Gasteiger partial charge < -0.3 is 5.11 Å². The van der Waals surface area contributed by atoms with Gasteiger partial charge in [0, 0.05) is 24.6 Å². The molecule has 142 valence electrons. The fourth-order valence-electron chi connectivity index (χ4n) is 2.74. The number of sulfone groups is 1. The molecule has 0 fully saturated rings. The van der Waals surface area contributed by atoms with Crippen LogP contribution in [0.5, 0.6) is 0 Å². The average molecular weight is 388 g/mol. The lowest BCUT2D eigenvalue weighted by Crippen LogP contribution is -2.45. The smallest absolute Gasteiger partial charge is 0.179 e. The maximum Gasteiger partial charge on any atom is 0.179 e. The predicted octanol–water partition coefficient (Wildman–Crippen LogP) is 1.25. The van der Waals surface area contributed by atoms with E-state index in [0.29, 0.717) is 5.69 Å². The van der Waals surface area contributed by atoms with Crippen molar-refractivity contribution in [2.24, 2.45) is 0 Å². The van der Waals surface area contributed by atoms with Crippen molar-refractivity contribution in [3.63, 3.8) is 0 Å². The quantitative estimate of drug-likeness (QED) is 0.647. The molecule has 1 N–H and O–H groups in total. The topological polar surface area (TPSA) is 115 Å². The van der Waals surface area contributed by atoms with Crippen LogP contribution in [0.4, 0.5) is 0 Å². The van der Waals surface area contributed by atoms with Crippen molar-refractivity contribution >= 4 is 26.7 Å². The Labute approximate surface area is 156 Å². The number of carbonyl (C=O) groups is 1. The van der Waals surface area contributed by atoms with Gasteiger partial charge in [-0.3, -0.25) is 14.5 Å². The predicted molar refractivity (Wildman–Crippen MR) is 101 cm³/mol. The standard InChI is InChI=1S/C18H20N4O4S/c1-18(17(24)12-23,27(2,25)26)7-8-22-11-13(9-20-22)16-10-19-14-5-3-4-6-15(14)21-16/h3-6,9-11,23H,7-8,12H2,1-2H3/t18-/m1/s1. The number of rotatable bonds is 7. The molecule has 1 atom stereocenters. The van der Waals surface area contributed by atoms with Crippen LogP contribution in [0.1, 0.15) is 13.3 Å². The molecule has 3 aromatic rings. The molecule has 8 nitrogen and oxygen atoms in total. The van der Waals surface area contributed by atoms with E-state index in [9.17, 15) is 13.2 Å². The molecule has 27 heavy (non-hydrogen) atoms. The molecule has 0 radical (unpaired) electrons. The first-order valence-corrected chi connectivity index (χ1v) is 10.2. The number of hydrogen-bond donors (Lipinski definition) is 1. The summed E-state index contributed by atoms with van der Waals surface area (Å²) < 4.78 is 24.0. The van der Waals surface area contributed by atoms with E-state index in [1.165, 1.54) is 6.92 Å². The number of aromatic nitrogens is 4. The Hall–Kier alpha value is -2.65. The molecule has 0 bridgehead atoms. The van der Waals surface area contributed by atoms with Gasteiger partial charge in [0.2, 0.25) is 0 Å². The van der Waals surface area contributed by atoms with Crippen molar-refractivity contribution in [2.75, 3.05) is 12.9 Å². The molecule has 0 aliphatic heterocycles. The third kappa shape index (κ3) is 3.74. The van der Waals surface area contributed by atoms with Crippen LogP contribution in [0.15, 0.2) is 42.9 Å². The minimum atomic E-state index is -3.69. The fourth-order valence-corrected chi connectivity index (χ4v) is 3.68. The Kier molecular flexibility index (Phi) is 5.07. The van der Waals surface area contributed by atoms with Gasteiger partial charge in [-0.15, -0.1) is 0 Å². The zero-order chi connectivity index (χ0) is 19.7. The van der Waals surface area contributed by atoms with Crippen LogP contribution in [-0.2, 0) is 21.2 Å². The summed E-state index contributed by atoms with van der Waals surface area (Å²) in [5, 5.41) is 13.3. The molecule has 9 heteroatoms. The van der Waals surface area contributed by atoms with Gasteiger partial charge in [0.1, 0.15) is 11.4 Å². The number of carbonyl (C=O) groups excluding carboxylic acids is 1. The minimum absolute atomic E-state index is 0.00967. The van der Waals surface area contributed by atoms with Gasteiger partial charge in [-0.05, 0) is 25.5 Å². The Morgan fingerprint density at radius 1 is 1.22 bits per heavy atom. The van der Waals surface area contributed by atoms with E-state index in [1.807, 2.05) is 24.3 Å². The van der Waals surface area contributed by atoms with Crippen LogP contribution in [0.2, 0.25) is 0 Å². The van der Waals surface area contributed by atoms with Gasteiger partial charge >= 0.3 is 0 Å². The van der Waals surface area contributed by atoms with Gasteiger partial charge in [0.25, 0.3) is 0 Å². The summed E-state index contributed by atoms with van der Waals surface area (Å²) in [6.07, 6.45) is 6.00. The van der Waals surface area contributed by atoms with Crippen molar-refractivity contribution in [3.05, 3.63) is 42.9 Å². The fraction of sp³-hybridized carbons (Fsp3) is 0.333. The van der Waals surface area contributed by atoms with Crippen molar-refractivity contribution in [1.82, 2.24) is 19.7 Å². The van der Waals surface area contributed by atoms with E-state index in [2.05, 4.69) is 15.1 Å². The Morgan fingerprint density at radius 2 is 1.93 bits per heavy atom. The van der Waals surface area contributed by atoms with Crippen LogP contribution < -0.4 is 0 Å². The van der Waals surface area contributed by atoms with Gasteiger partial charge in [0.15, 0.2) is 15.6 Å². The summed E-state index contributed by atoms with van der Waals surface area (Å²) in [4.78, 5) is 20.9. The molecule has 3 rings (SSSR count). The van der Waals surface area contributed by atoms with Gasteiger partial charge in [0.05, 0.1) is 29.1 Å². The number of ketones is 1. The van der Waals surface area contributed by atoms with Crippen LogP contribution in [0, 0.1) is 0 Å². The highest BCUT2D eigenvalue weighted by molar-refractivity contribution is 7.92. The molecule has 2 aromatic heterocycles. The second-order valence-electron chi connectivity index (χ2n) is 6.57. The molecule has 0 aliphatic carbocycles. The van der Waals surface area contributed by atoms with Crippen molar-refractivity contribution in [1.29, 1.82) is 0 Å². The Morgan fingerprint density at radius 3 is 2.59 bits per heavy atom. The van der Waals surface area contributed by atoms with Crippen molar-refractivity contribution < 1.29 is 18.3 Å². The number of Topliss-reactive ketones (excluding diaryl/α,β-unsaturated/α-hetero) is 1. The number of hydrogen-bond acceptors (Lipinski definition) is 7. The molecule has 0 spiro atoms.